The molecule has 8 nitrogen and oxygen atoms in total. The number of carbonyl (C=O) groups excluding carboxylic acids is 1. The van der Waals surface area contributed by atoms with Gasteiger partial charge in [-0.25, -0.2) is 9.50 Å². The van der Waals surface area contributed by atoms with Crippen molar-refractivity contribution in [2.45, 2.75) is 46.5 Å². The van der Waals surface area contributed by atoms with Crippen molar-refractivity contribution in [3.63, 3.8) is 0 Å². The number of carbonyl (C=O) groups is 1. The van der Waals surface area contributed by atoms with Gasteiger partial charge in [-0.3, -0.25) is 14.7 Å². The molecule has 0 aromatic carbocycles. The summed E-state index contributed by atoms with van der Waals surface area (Å²) in [5.41, 5.74) is 4.19. The van der Waals surface area contributed by atoms with E-state index in [0.717, 1.165) is 24.2 Å². The quantitative estimate of drug-likeness (QED) is 0.747. The van der Waals surface area contributed by atoms with Crippen LogP contribution in [0.25, 0.3) is 5.65 Å². The van der Waals surface area contributed by atoms with Gasteiger partial charge in [0.25, 0.3) is 11.5 Å². The van der Waals surface area contributed by atoms with E-state index in [2.05, 4.69) is 15.2 Å². The lowest BCUT2D eigenvalue weighted by Crippen LogP contribution is -2.38. The first-order valence-corrected chi connectivity index (χ1v) is 9.18. The van der Waals surface area contributed by atoms with Gasteiger partial charge in [0.1, 0.15) is 11.3 Å². The first-order valence-electron chi connectivity index (χ1n) is 9.18. The number of hydrogen-bond acceptors (Lipinski definition) is 5. The highest BCUT2D eigenvalue weighted by Gasteiger charge is 2.29. The Labute approximate surface area is 156 Å². The fourth-order valence-electron chi connectivity index (χ4n) is 3.79. The van der Waals surface area contributed by atoms with Gasteiger partial charge >= 0.3 is 0 Å². The lowest BCUT2D eigenvalue weighted by molar-refractivity contribution is 0.0709. The number of amides is 1. The molecule has 0 aliphatic carbocycles. The molecule has 27 heavy (non-hydrogen) atoms. The fourth-order valence-corrected chi connectivity index (χ4v) is 3.79. The number of aryl methyl sites for hydroxylation is 3. The van der Waals surface area contributed by atoms with Crippen molar-refractivity contribution in [1.82, 2.24) is 24.7 Å². The first kappa shape index (κ1) is 17.5. The summed E-state index contributed by atoms with van der Waals surface area (Å²) < 4.78 is 6.63. The summed E-state index contributed by atoms with van der Waals surface area (Å²) in [7, 11) is 0. The number of piperidine rings is 1. The first-order chi connectivity index (χ1) is 12.9. The van der Waals surface area contributed by atoms with Crippen molar-refractivity contribution in [3.8, 4) is 0 Å². The van der Waals surface area contributed by atoms with E-state index in [0.29, 0.717) is 41.3 Å². The highest BCUT2D eigenvalue weighted by Crippen LogP contribution is 2.29. The molecule has 1 saturated heterocycles. The highest BCUT2D eigenvalue weighted by atomic mass is 16.5. The Kier molecular flexibility index (Phi) is 4.13. The van der Waals surface area contributed by atoms with E-state index in [1.165, 1.54) is 4.52 Å². The molecule has 1 aliphatic rings. The van der Waals surface area contributed by atoms with Crippen LogP contribution < -0.4 is 5.56 Å². The Morgan fingerprint density at radius 3 is 2.52 bits per heavy atom. The second-order valence-electron chi connectivity index (χ2n) is 7.30. The monoisotopic (exact) mass is 369 g/mol. The van der Waals surface area contributed by atoms with E-state index in [4.69, 9.17) is 4.52 Å². The number of H-pyrrole nitrogens is 1. The van der Waals surface area contributed by atoms with Gasteiger partial charge in [0.15, 0.2) is 5.65 Å². The molecule has 1 amide bonds. The average molecular weight is 369 g/mol. The van der Waals surface area contributed by atoms with E-state index in [1.54, 1.807) is 20.8 Å². The maximum Gasteiger partial charge on any atom is 0.275 e. The smallest absolute Gasteiger partial charge is 0.275 e. The number of fused-ring (bicyclic) bond motifs is 1. The molecule has 1 fully saturated rings. The number of nitrogens with one attached hydrogen (secondary N) is 1. The van der Waals surface area contributed by atoms with Crippen LogP contribution in [0.4, 0.5) is 0 Å². The van der Waals surface area contributed by atoms with Gasteiger partial charge in [-0.15, -0.1) is 0 Å². The number of rotatable bonds is 2. The van der Waals surface area contributed by atoms with Gasteiger partial charge in [-0.05, 0) is 40.5 Å². The van der Waals surface area contributed by atoms with Crippen molar-refractivity contribution < 1.29 is 9.32 Å². The molecule has 0 saturated carbocycles. The van der Waals surface area contributed by atoms with Crippen molar-refractivity contribution in [1.29, 1.82) is 0 Å². The van der Waals surface area contributed by atoms with Gasteiger partial charge in [0, 0.05) is 42.0 Å². The summed E-state index contributed by atoms with van der Waals surface area (Å²) in [4.78, 5) is 31.5. The van der Waals surface area contributed by atoms with Gasteiger partial charge in [0.05, 0.1) is 5.69 Å². The van der Waals surface area contributed by atoms with Crippen LogP contribution in [0.15, 0.2) is 15.4 Å². The molecule has 142 valence electrons. The molecular formula is C19H23N5O3. The summed E-state index contributed by atoms with van der Waals surface area (Å²) in [6.45, 7) is 8.50. The van der Waals surface area contributed by atoms with Gasteiger partial charge in [-0.2, -0.15) is 0 Å². The molecule has 8 heteroatoms. The molecule has 0 bridgehead atoms. The molecule has 0 radical (unpaired) electrons. The fraction of sp³-hybridized carbons (Fsp3) is 0.474. The largest absolute Gasteiger partial charge is 0.361 e. The van der Waals surface area contributed by atoms with E-state index in [-0.39, 0.29) is 17.4 Å². The summed E-state index contributed by atoms with van der Waals surface area (Å²) in [5, 5.41) is 7.08. The third-order valence-electron chi connectivity index (χ3n) is 5.57. The minimum Gasteiger partial charge on any atom is -0.361 e. The van der Waals surface area contributed by atoms with Crippen molar-refractivity contribution in [3.05, 3.63) is 50.4 Å². The van der Waals surface area contributed by atoms with Crippen LogP contribution in [0, 0.1) is 27.7 Å². The van der Waals surface area contributed by atoms with Crippen LogP contribution >= 0.6 is 0 Å². The minimum atomic E-state index is -0.0604. The Morgan fingerprint density at radius 1 is 1.19 bits per heavy atom. The second kappa shape index (κ2) is 6.37. The molecule has 1 aliphatic heterocycles. The zero-order valence-corrected chi connectivity index (χ0v) is 16.0. The summed E-state index contributed by atoms with van der Waals surface area (Å²) in [6.07, 6.45) is 1.66. The molecule has 0 atom stereocenters. The molecular weight excluding hydrogens is 346 g/mol. The van der Waals surface area contributed by atoms with Crippen LogP contribution in [-0.4, -0.2) is 43.7 Å². The van der Waals surface area contributed by atoms with Crippen LogP contribution in [0.3, 0.4) is 0 Å². The summed E-state index contributed by atoms with van der Waals surface area (Å²) in [5.74, 6) is 0.803. The van der Waals surface area contributed by atoms with Crippen LogP contribution in [0.2, 0.25) is 0 Å². The molecule has 1 N–H and O–H groups in total. The summed E-state index contributed by atoms with van der Waals surface area (Å²) in [6, 6.07) is 1.95. The third-order valence-corrected chi connectivity index (χ3v) is 5.57. The van der Waals surface area contributed by atoms with E-state index in [1.807, 2.05) is 17.9 Å². The van der Waals surface area contributed by atoms with Crippen LogP contribution in [0.1, 0.15) is 57.5 Å². The zero-order valence-electron chi connectivity index (χ0n) is 16.0. The Morgan fingerprint density at radius 2 is 1.89 bits per heavy atom. The number of aromatic nitrogens is 4. The predicted molar refractivity (Wildman–Crippen MR) is 99.1 cm³/mol. The Hall–Kier alpha value is -2.90. The zero-order chi connectivity index (χ0) is 19.3. The molecule has 4 heterocycles. The van der Waals surface area contributed by atoms with Crippen molar-refractivity contribution in [2.75, 3.05) is 13.1 Å². The normalized spacial score (nSPS) is 15.6. The van der Waals surface area contributed by atoms with Gasteiger partial charge < -0.3 is 9.42 Å². The second-order valence-corrected chi connectivity index (χ2v) is 7.30. The topological polar surface area (TPSA) is 96.5 Å². The molecule has 0 unspecified atom stereocenters. The SMILES string of the molecule is Cc1noc(C)c1C(=O)N1CCC(c2cc3nc(C)c(C)c(=O)n3[nH]2)CC1. The van der Waals surface area contributed by atoms with E-state index >= 15 is 0 Å². The lowest BCUT2D eigenvalue weighted by Gasteiger charge is -2.31. The lowest BCUT2D eigenvalue weighted by atomic mass is 9.93. The molecule has 3 aromatic heterocycles. The molecule has 3 aromatic rings. The minimum absolute atomic E-state index is 0.0227. The van der Waals surface area contributed by atoms with Crippen LogP contribution in [0.5, 0.6) is 0 Å². The van der Waals surface area contributed by atoms with Gasteiger partial charge in [-0.1, -0.05) is 5.16 Å². The maximum atomic E-state index is 12.8. The summed E-state index contributed by atoms with van der Waals surface area (Å²) >= 11 is 0. The Balaban J connectivity index is 1.53. The predicted octanol–water partition coefficient (Wildman–Crippen LogP) is 2.26. The molecule has 4 rings (SSSR count). The standard InChI is InChI=1S/C19H23N5O3/c1-10-11(2)20-16-9-15(21-24(16)18(10)25)14-5-7-23(8-6-14)19(26)17-12(3)22-27-13(17)4/h9,14,21H,5-8H2,1-4H3. The highest BCUT2D eigenvalue weighted by molar-refractivity contribution is 5.96. The Bertz CT molecular complexity index is 1060. The maximum absolute atomic E-state index is 12.8. The van der Waals surface area contributed by atoms with E-state index in [9.17, 15) is 9.59 Å². The number of hydrogen-bond donors (Lipinski definition) is 1. The number of nitrogens with zero attached hydrogens (tertiary/aromatic N) is 4. The van der Waals surface area contributed by atoms with Gasteiger partial charge in [0.2, 0.25) is 0 Å². The van der Waals surface area contributed by atoms with E-state index < -0.39 is 0 Å². The molecule has 0 spiro atoms. The van der Waals surface area contributed by atoms with Crippen molar-refractivity contribution in [2.24, 2.45) is 0 Å². The number of aromatic amines is 1. The number of likely N-dealkylation sites (tertiary alicyclic amines) is 1. The van der Waals surface area contributed by atoms with Crippen molar-refractivity contribution >= 4 is 11.6 Å². The average Bonchev–Trinajstić information content (AvgIpc) is 3.23. The third kappa shape index (κ3) is 2.85. The van der Waals surface area contributed by atoms with Crippen LogP contribution in [-0.2, 0) is 0 Å².